The maximum Gasteiger partial charge on any atom is 0.225 e. The summed E-state index contributed by atoms with van der Waals surface area (Å²) in [5.74, 6) is -0.279. The number of aromatic nitrogens is 3. The Labute approximate surface area is 147 Å². The number of nitrogens with one attached hydrogen (secondary N) is 1. The van der Waals surface area contributed by atoms with Gasteiger partial charge in [-0.3, -0.25) is 14.3 Å². The van der Waals surface area contributed by atoms with Gasteiger partial charge in [-0.1, -0.05) is 30.3 Å². The van der Waals surface area contributed by atoms with Gasteiger partial charge >= 0.3 is 0 Å². The second-order valence-corrected chi connectivity index (χ2v) is 6.34. The monoisotopic (exact) mass is 341 g/mol. The number of hydrogen-bond acceptors (Lipinski definition) is 4. The van der Waals surface area contributed by atoms with Crippen molar-refractivity contribution in [3.05, 3.63) is 48.5 Å². The van der Waals surface area contributed by atoms with E-state index in [0.29, 0.717) is 19.6 Å². The van der Waals surface area contributed by atoms with Crippen molar-refractivity contribution in [1.29, 1.82) is 0 Å². The summed E-state index contributed by atoms with van der Waals surface area (Å²) in [4.78, 5) is 30.3. The van der Waals surface area contributed by atoms with E-state index in [1.54, 1.807) is 15.9 Å². The van der Waals surface area contributed by atoms with Crippen molar-refractivity contribution in [3.8, 4) is 0 Å². The number of benzene rings is 1. The number of carbonyl (C=O) groups is 2. The Balaban J connectivity index is 1.47. The molecule has 0 bridgehead atoms. The van der Waals surface area contributed by atoms with Gasteiger partial charge < -0.3 is 10.2 Å². The van der Waals surface area contributed by atoms with Gasteiger partial charge in [0.15, 0.2) is 0 Å². The number of aryl methyl sites for hydroxylation is 1. The maximum absolute atomic E-state index is 12.3. The van der Waals surface area contributed by atoms with Crippen LogP contribution in [0, 0.1) is 5.92 Å². The third-order valence-electron chi connectivity index (χ3n) is 4.61. The Hall–Kier alpha value is -2.70. The molecule has 132 valence electrons. The first-order valence-corrected chi connectivity index (χ1v) is 8.59. The summed E-state index contributed by atoms with van der Waals surface area (Å²) in [6.45, 7) is 3.76. The van der Waals surface area contributed by atoms with Gasteiger partial charge in [0, 0.05) is 26.1 Å². The highest BCUT2D eigenvalue weighted by Gasteiger charge is 2.36. The zero-order chi connectivity index (χ0) is 17.6. The molecule has 0 aliphatic carbocycles. The summed E-state index contributed by atoms with van der Waals surface area (Å²) in [5.41, 5.74) is 1.09. The van der Waals surface area contributed by atoms with Gasteiger partial charge in [-0.15, -0.1) is 0 Å². The molecule has 3 rings (SSSR count). The normalized spacial score (nSPS) is 18.4. The predicted octanol–water partition coefficient (Wildman–Crippen LogP) is 1.39. The minimum Gasteiger partial charge on any atom is -0.356 e. The lowest BCUT2D eigenvalue weighted by Gasteiger charge is -2.25. The molecule has 1 saturated heterocycles. The van der Waals surface area contributed by atoms with Gasteiger partial charge in [0.25, 0.3) is 0 Å². The summed E-state index contributed by atoms with van der Waals surface area (Å²) >= 11 is 0. The van der Waals surface area contributed by atoms with E-state index < -0.39 is 0 Å². The van der Waals surface area contributed by atoms with Crippen molar-refractivity contribution in [2.45, 2.75) is 32.4 Å². The molecule has 2 amide bonds. The van der Waals surface area contributed by atoms with E-state index in [1.165, 1.54) is 6.33 Å². The molecule has 2 heterocycles. The average Bonchev–Trinajstić information content (AvgIpc) is 3.28. The summed E-state index contributed by atoms with van der Waals surface area (Å²) in [6, 6.07) is 9.89. The Kier molecular flexibility index (Phi) is 5.42. The van der Waals surface area contributed by atoms with Crippen LogP contribution in [0.3, 0.4) is 0 Å². The quantitative estimate of drug-likeness (QED) is 0.772. The molecule has 25 heavy (non-hydrogen) atoms. The number of rotatable bonds is 7. The molecule has 1 fully saturated rings. The maximum atomic E-state index is 12.3. The molecule has 0 saturated carbocycles. The van der Waals surface area contributed by atoms with Crippen LogP contribution in [-0.4, -0.2) is 44.6 Å². The predicted molar refractivity (Wildman–Crippen MR) is 92.3 cm³/mol. The fourth-order valence-electron chi connectivity index (χ4n) is 3.14. The average molecular weight is 341 g/mol. The summed E-state index contributed by atoms with van der Waals surface area (Å²) in [5, 5.41) is 6.95. The minimum absolute atomic E-state index is 0.0150. The van der Waals surface area contributed by atoms with Gasteiger partial charge in [-0.25, -0.2) is 4.98 Å². The van der Waals surface area contributed by atoms with Gasteiger partial charge in [0.05, 0.1) is 12.0 Å². The largest absolute Gasteiger partial charge is 0.356 e. The fourth-order valence-corrected chi connectivity index (χ4v) is 3.14. The highest BCUT2D eigenvalue weighted by Crippen LogP contribution is 2.28. The first kappa shape index (κ1) is 17.1. The molecular formula is C18H23N5O2. The molecule has 0 spiro atoms. The van der Waals surface area contributed by atoms with Gasteiger partial charge in [-0.05, 0) is 18.9 Å². The van der Waals surface area contributed by atoms with Crippen LogP contribution in [0.1, 0.15) is 31.4 Å². The molecule has 1 aliphatic heterocycles. The van der Waals surface area contributed by atoms with E-state index in [2.05, 4.69) is 15.4 Å². The lowest BCUT2D eigenvalue weighted by molar-refractivity contribution is -0.130. The third-order valence-corrected chi connectivity index (χ3v) is 4.61. The number of carbonyl (C=O) groups excluding carboxylic acids is 2. The molecule has 1 N–H and O–H groups in total. The van der Waals surface area contributed by atoms with Crippen LogP contribution in [0.15, 0.2) is 43.0 Å². The second-order valence-electron chi connectivity index (χ2n) is 6.34. The Morgan fingerprint density at radius 1 is 1.36 bits per heavy atom. The molecular weight excluding hydrogens is 318 g/mol. The first-order chi connectivity index (χ1) is 12.1. The lowest BCUT2D eigenvalue weighted by atomic mass is 10.1. The highest BCUT2D eigenvalue weighted by molar-refractivity contribution is 5.89. The van der Waals surface area contributed by atoms with Crippen molar-refractivity contribution in [2.24, 2.45) is 5.92 Å². The zero-order valence-electron chi connectivity index (χ0n) is 14.3. The van der Waals surface area contributed by atoms with E-state index in [0.717, 1.165) is 12.0 Å². The van der Waals surface area contributed by atoms with Crippen molar-refractivity contribution in [3.63, 3.8) is 0 Å². The van der Waals surface area contributed by atoms with E-state index >= 15 is 0 Å². The smallest absolute Gasteiger partial charge is 0.225 e. The van der Waals surface area contributed by atoms with Gasteiger partial charge in [-0.2, -0.15) is 5.10 Å². The van der Waals surface area contributed by atoms with Crippen LogP contribution < -0.4 is 5.32 Å². The number of amides is 2. The van der Waals surface area contributed by atoms with Crippen LogP contribution in [-0.2, 0) is 16.1 Å². The standard InChI is InChI=1S/C18H23N5O2/c1-14(15-6-3-2-4-7-15)23-11-16(10-17(23)24)18(25)20-8-5-9-22-13-19-12-21-22/h2-4,6-7,12-14,16H,5,8-11H2,1H3,(H,20,25). The van der Waals surface area contributed by atoms with Crippen molar-refractivity contribution >= 4 is 11.8 Å². The SMILES string of the molecule is CC(c1ccccc1)N1CC(C(=O)NCCCn2cncn2)CC1=O. The number of hydrogen-bond donors (Lipinski definition) is 1. The van der Waals surface area contributed by atoms with Crippen molar-refractivity contribution in [1.82, 2.24) is 25.0 Å². The van der Waals surface area contributed by atoms with E-state index in [-0.39, 0.29) is 30.2 Å². The van der Waals surface area contributed by atoms with E-state index in [9.17, 15) is 9.59 Å². The first-order valence-electron chi connectivity index (χ1n) is 8.59. The van der Waals surface area contributed by atoms with Crippen LogP contribution in [0.25, 0.3) is 0 Å². The third kappa shape index (κ3) is 4.23. The Morgan fingerprint density at radius 2 is 2.16 bits per heavy atom. The zero-order valence-corrected chi connectivity index (χ0v) is 14.3. The van der Waals surface area contributed by atoms with Crippen LogP contribution >= 0.6 is 0 Å². The fraction of sp³-hybridized carbons (Fsp3) is 0.444. The number of nitrogens with zero attached hydrogens (tertiary/aromatic N) is 4. The van der Waals surface area contributed by atoms with Gasteiger partial charge in [0.2, 0.25) is 11.8 Å². The molecule has 2 aromatic rings. The molecule has 2 atom stereocenters. The van der Waals surface area contributed by atoms with E-state index in [1.807, 2.05) is 37.3 Å². The topological polar surface area (TPSA) is 80.1 Å². The van der Waals surface area contributed by atoms with Crippen LogP contribution in [0.5, 0.6) is 0 Å². The summed E-state index contributed by atoms with van der Waals surface area (Å²) in [6.07, 6.45) is 4.21. The number of likely N-dealkylation sites (tertiary alicyclic amines) is 1. The lowest BCUT2D eigenvalue weighted by Crippen LogP contribution is -2.34. The molecule has 7 heteroatoms. The van der Waals surface area contributed by atoms with Crippen molar-refractivity contribution in [2.75, 3.05) is 13.1 Å². The molecule has 0 radical (unpaired) electrons. The van der Waals surface area contributed by atoms with Crippen molar-refractivity contribution < 1.29 is 9.59 Å². The van der Waals surface area contributed by atoms with E-state index in [4.69, 9.17) is 0 Å². The molecule has 1 aliphatic rings. The van der Waals surface area contributed by atoms with Gasteiger partial charge in [0.1, 0.15) is 12.7 Å². The highest BCUT2D eigenvalue weighted by atomic mass is 16.2. The second kappa shape index (κ2) is 7.92. The van der Waals surface area contributed by atoms with Crippen LogP contribution in [0.2, 0.25) is 0 Å². The Bertz CT molecular complexity index is 702. The summed E-state index contributed by atoms with van der Waals surface area (Å²) in [7, 11) is 0. The molecule has 2 unspecified atom stereocenters. The summed E-state index contributed by atoms with van der Waals surface area (Å²) < 4.78 is 1.73. The molecule has 1 aromatic heterocycles. The molecule has 1 aromatic carbocycles. The Morgan fingerprint density at radius 3 is 2.88 bits per heavy atom. The minimum atomic E-state index is -0.273. The van der Waals surface area contributed by atoms with Crippen LogP contribution in [0.4, 0.5) is 0 Å². The molecule has 7 nitrogen and oxygen atoms in total.